The standard InChI is InChI=1S/C22H22O5/c1-3-17-19(26-13-24-17)9-15(1)21(5-6-21)11-23-12-22(7-8-22)16-2-4-18-20(10-16)27-14-25-18/h1-4,9-10H,5-8,11-14H2. The Morgan fingerprint density at radius 2 is 1.07 bits per heavy atom. The minimum Gasteiger partial charge on any atom is -0.454 e. The Balaban J connectivity index is 1.14. The first kappa shape index (κ1) is 15.6. The minimum absolute atomic E-state index is 0.145. The lowest BCUT2D eigenvalue weighted by Gasteiger charge is -2.21. The van der Waals surface area contributed by atoms with E-state index >= 15 is 0 Å². The van der Waals surface area contributed by atoms with Crippen molar-refractivity contribution in [2.75, 3.05) is 26.8 Å². The SMILES string of the molecule is c1cc2c(cc1C1(COCC3(c4ccc5c(c4)OCO5)CC3)CC1)OCO2. The number of rotatable bonds is 6. The summed E-state index contributed by atoms with van der Waals surface area (Å²) in [5.41, 5.74) is 2.90. The van der Waals surface area contributed by atoms with Crippen molar-refractivity contribution >= 4 is 0 Å². The topological polar surface area (TPSA) is 46.2 Å². The summed E-state index contributed by atoms with van der Waals surface area (Å²) in [4.78, 5) is 0. The van der Waals surface area contributed by atoms with Gasteiger partial charge in [0.1, 0.15) is 0 Å². The van der Waals surface area contributed by atoms with Crippen LogP contribution >= 0.6 is 0 Å². The molecule has 0 N–H and O–H groups in total. The number of hydrogen-bond acceptors (Lipinski definition) is 5. The van der Waals surface area contributed by atoms with Crippen LogP contribution in [0.1, 0.15) is 36.8 Å². The molecule has 0 bridgehead atoms. The Morgan fingerprint density at radius 1 is 0.630 bits per heavy atom. The molecule has 0 unspecified atom stereocenters. The fourth-order valence-corrected chi connectivity index (χ4v) is 4.23. The van der Waals surface area contributed by atoms with Crippen LogP contribution in [0.4, 0.5) is 0 Å². The maximum atomic E-state index is 6.29. The van der Waals surface area contributed by atoms with Crippen LogP contribution in [-0.4, -0.2) is 26.8 Å². The van der Waals surface area contributed by atoms with Crippen molar-refractivity contribution in [3.05, 3.63) is 47.5 Å². The van der Waals surface area contributed by atoms with E-state index in [2.05, 4.69) is 24.3 Å². The third kappa shape index (κ3) is 2.56. The second-order valence-electron chi connectivity index (χ2n) is 8.19. The lowest BCUT2D eigenvalue weighted by molar-refractivity contribution is 0.0944. The zero-order valence-corrected chi connectivity index (χ0v) is 15.2. The monoisotopic (exact) mass is 366 g/mol. The van der Waals surface area contributed by atoms with Crippen molar-refractivity contribution in [2.45, 2.75) is 36.5 Å². The summed E-state index contributed by atoms with van der Waals surface area (Å²) < 4.78 is 28.2. The molecular formula is C22H22O5. The average Bonchev–Trinajstić information content (AvgIpc) is 3.55. The smallest absolute Gasteiger partial charge is 0.231 e. The molecule has 2 heterocycles. The fraction of sp³-hybridized carbons (Fsp3) is 0.455. The van der Waals surface area contributed by atoms with Gasteiger partial charge < -0.3 is 23.7 Å². The van der Waals surface area contributed by atoms with Gasteiger partial charge in [0, 0.05) is 10.8 Å². The lowest BCUT2D eigenvalue weighted by atomic mass is 9.95. The Bertz CT molecular complexity index is 824. The molecule has 2 saturated carbocycles. The van der Waals surface area contributed by atoms with Crippen molar-refractivity contribution in [2.24, 2.45) is 0 Å². The van der Waals surface area contributed by atoms with Gasteiger partial charge in [0.25, 0.3) is 0 Å². The molecule has 0 amide bonds. The predicted octanol–water partition coefficient (Wildman–Crippen LogP) is 3.92. The van der Waals surface area contributed by atoms with Crippen LogP contribution in [0.25, 0.3) is 0 Å². The van der Waals surface area contributed by atoms with Crippen LogP contribution in [0.5, 0.6) is 23.0 Å². The summed E-state index contributed by atoms with van der Waals surface area (Å²) in [6, 6.07) is 12.6. The summed E-state index contributed by atoms with van der Waals surface area (Å²) in [6.45, 7) is 2.17. The second-order valence-corrected chi connectivity index (χ2v) is 8.19. The third-order valence-electron chi connectivity index (χ3n) is 6.43. The van der Waals surface area contributed by atoms with Crippen LogP contribution in [-0.2, 0) is 15.6 Å². The lowest BCUT2D eigenvalue weighted by Crippen LogP contribution is -2.21. The molecule has 2 aromatic carbocycles. The quantitative estimate of drug-likeness (QED) is 0.775. The Kier molecular flexibility index (Phi) is 3.21. The van der Waals surface area contributed by atoms with Gasteiger partial charge in [0.05, 0.1) is 13.2 Å². The van der Waals surface area contributed by atoms with E-state index in [1.54, 1.807) is 0 Å². The van der Waals surface area contributed by atoms with Crippen LogP contribution in [0.2, 0.25) is 0 Å². The van der Waals surface area contributed by atoms with E-state index in [1.165, 1.54) is 36.8 Å². The van der Waals surface area contributed by atoms with E-state index in [0.717, 1.165) is 36.2 Å². The second kappa shape index (κ2) is 5.55. The van der Waals surface area contributed by atoms with Gasteiger partial charge in [0.2, 0.25) is 13.6 Å². The highest BCUT2D eigenvalue weighted by Crippen LogP contribution is 2.53. The zero-order chi connectivity index (χ0) is 17.9. The fourth-order valence-electron chi connectivity index (χ4n) is 4.23. The van der Waals surface area contributed by atoms with E-state index in [1.807, 2.05) is 12.1 Å². The van der Waals surface area contributed by atoms with Crippen LogP contribution in [0.15, 0.2) is 36.4 Å². The highest BCUT2D eigenvalue weighted by atomic mass is 16.7. The molecule has 5 heteroatoms. The molecule has 140 valence electrons. The molecule has 2 aliphatic heterocycles. The molecule has 0 saturated heterocycles. The minimum atomic E-state index is 0.145. The molecule has 2 aliphatic carbocycles. The van der Waals surface area contributed by atoms with Gasteiger partial charge in [-0.15, -0.1) is 0 Å². The molecule has 0 aromatic heterocycles. The summed E-state index contributed by atoms with van der Waals surface area (Å²) in [5.74, 6) is 3.40. The Hall–Kier alpha value is -2.40. The highest BCUT2D eigenvalue weighted by Gasteiger charge is 2.48. The number of ether oxygens (including phenoxy) is 5. The van der Waals surface area contributed by atoms with E-state index in [4.69, 9.17) is 23.7 Å². The Labute approximate surface area is 158 Å². The predicted molar refractivity (Wildman–Crippen MR) is 97.8 cm³/mol. The molecule has 6 rings (SSSR count). The van der Waals surface area contributed by atoms with Gasteiger partial charge in [-0.25, -0.2) is 0 Å². The van der Waals surface area contributed by atoms with E-state index in [0.29, 0.717) is 13.6 Å². The van der Waals surface area contributed by atoms with Gasteiger partial charge in [0.15, 0.2) is 23.0 Å². The van der Waals surface area contributed by atoms with E-state index in [9.17, 15) is 0 Å². The molecule has 27 heavy (non-hydrogen) atoms. The number of hydrogen-bond donors (Lipinski definition) is 0. The van der Waals surface area contributed by atoms with Crippen molar-refractivity contribution in [1.29, 1.82) is 0 Å². The first-order valence-electron chi connectivity index (χ1n) is 9.65. The van der Waals surface area contributed by atoms with Crippen molar-refractivity contribution in [3.63, 3.8) is 0 Å². The van der Waals surface area contributed by atoms with Crippen molar-refractivity contribution in [3.8, 4) is 23.0 Å². The summed E-state index contributed by atoms with van der Waals surface area (Å²) in [7, 11) is 0. The van der Waals surface area contributed by atoms with Crippen LogP contribution in [0.3, 0.4) is 0 Å². The van der Waals surface area contributed by atoms with Gasteiger partial charge >= 0.3 is 0 Å². The summed E-state index contributed by atoms with van der Waals surface area (Å²) in [5, 5.41) is 0. The Morgan fingerprint density at radius 3 is 1.52 bits per heavy atom. The summed E-state index contributed by atoms with van der Waals surface area (Å²) in [6.07, 6.45) is 4.68. The van der Waals surface area contributed by atoms with Gasteiger partial charge in [-0.1, -0.05) is 12.1 Å². The van der Waals surface area contributed by atoms with Gasteiger partial charge in [-0.05, 0) is 61.1 Å². The average molecular weight is 366 g/mol. The van der Waals surface area contributed by atoms with E-state index < -0.39 is 0 Å². The first-order chi connectivity index (χ1) is 13.3. The molecule has 5 nitrogen and oxygen atoms in total. The van der Waals surface area contributed by atoms with Crippen molar-refractivity contribution < 1.29 is 23.7 Å². The number of benzene rings is 2. The molecule has 4 aliphatic rings. The van der Waals surface area contributed by atoms with Gasteiger partial charge in [-0.3, -0.25) is 0 Å². The molecule has 0 spiro atoms. The van der Waals surface area contributed by atoms with Gasteiger partial charge in [-0.2, -0.15) is 0 Å². The first-order valence-corrected chi connectivity index (χ1v) is 9.65. The molecule has 0 radical (unpaired) electrons. The maximum Gasteiger partial charge on any atom is 0.231 e. The maximum absolute atomic E-state index is 6.29. The highest BCUT2D eigenvalue weighted by molar-refractivity contribution is 5.49. The molecule has 0 atom stereocenters. The third-order valence-corrected chi connectivity index (χ3v) is 6.43. The molecular weight excluding hydrogens is 344 g/mol. The molecule has 2 fully saturated rings. The number of fused-ring (bicyclic) bond motifs is 2. The van der Waals surface area contributed by atoms with Crippen LogP contribution < -0.4 is 18.9 Å². The van der Waals surface area contributed by atoms with E-state index in [-0.39, 0.29) is 10.8 Å². The summed E-state index contributed by atoms with van der Waals surface area (Å²) >= 11 is 0. The largest absolute Gasteiger partial charge is 0.454 e. The normalized spacial score (nSPS) is 21.9. The van der Waals surface area contributed by atoms with Crippen LogP contribution in [0, 0.1) is 0 Å². The molecule has 2 aromatic rings. The van der Waals surface area contributed by atoms with Crippen molar-refractivity contribution in [1.82, 2.24) is 0 Å². The zero-order valence-electron chi connectivity index (χ0n) is 15.2.